The van der Waals surface area contributed by atoms with Crippen molar-refractivity contribution in [3.8, 4) is 11.5 Å². The maximum Gasteiger partial charge on any atom is 0.279 e. The minimum Gasteiger partial charge on any atom is -0.454 e. The van der Waals surface area contributed by atoms with Crippen LogP contribution in [-0.2, 0) is 9.59 Å². The number of halogens is 1. The Kier molecular flexibility index (Phi) is 5.87. The standard InChI is InChI=1S/C21H22ClN3O4/c22-15-1-3-16(4-2-15)23-20(26)12-25-9-7-14(8-10-25)21(27)24-17-5-6-18-19(11-17)29-13-28-18/h1-6,11,14H,7-10,12-13H2,(H,23,26)(H,24,27)/p+1. The number of benzene rings is 2. The fourth-order valence-electron chi connectivity index (χ4n) is 3.65. The Labute approximate surface area is 173 Å². The van der Waals surface area contributed by atoms with Crippen LogP contribution < -0.4 is 25.0 Å². The van der Waals surface area contributed by atoms with Gasteiger partial charge in [0.05, 0.1) is 13.1 Å². The number of hydrogen-bond acceptors (Lipinski definition) is 4. The second-order valence-corrected chi connectivity index (χ2v) is 7.75. The van der Waals surface area contributed by atoms with E-state index in [0.29, 0.717) is 28.8 Å². The predicted octanol–water partition coefficient (Wildman–Crippen LogP) is 1.94. The number of hydrogen-bond donors (Lipinski definition) is 3. The smallest absolute Gasteiger partial charge is 0.279 e. The van der Waals surface area contributed by atoms with E-state index in [-0.39, 0.29) is 24.5 Å². The molecule has 2 aliphatic rings. The summed E-state index contributed by atoms with van der Waals surface area (Å²) in [6, 6.07) is 12.4. The van der Waals surface area contributed by atoms with Gasteiger partial charge in [0, 0.05) is 41.2 Å². The predicted molar refractivity (Wildman–Crippen MR) is 110 cm³/mol. The highest BCUT2D eigenvalue weighted by atomic mass is 35.5. The first kappa shape index (κ1) is 19.5. The van der Waals surface area contributed by atoms with Crippen molar-refractivity contribution in [2.75, 3.05) is 37.1 Å². The van der Waals surface area contributed by atoms with Crippen molar-refractivity contribution in [1.82, 2.24) is 0 Å². The molecule has 1 fully saturated rings. The Morgan fingerprint density at radius 1 is 0.966 bits per heavy atom. The van der Waals surface area contributed by atoms with Crippen LogP contribution in [0, 0.1) is 5.92 Å². The molecule has 29 heavy (non-hydrogen) atoms. The SMILES string of the molecule is O=C(C[NH+]1CCC(C(=O)Nc2ccc3c(c2)OCO3)CC1)Nc1ccc(Cl)cc1. The first-order valence-electron chi connectivity index (χ1n) is 9.66. The number of rotatable bonds is 5. The topological polar surface area (TPSA) is 81.1 Å². The van der Waals surface area contributed by atoms with Gasteiger partial charge in [-0.25, -0.2) is 0 Å². The van der Waals surface area contributed by atoms with E-state index in [9.17, 15) is 9.59 Å². The highest BCUT2D eigenvalue weighted by molar-refractivity contribution is 6.30. The van der Waals surface area contributed by atoms with Gasteiger partial charge in [-0.15, -0.1) is 0 Å². The molecule has 1 saturated heterocycles. The van der Waals surface area contributed by atoms with Crippen molar-refractivity contribution >= 4 is 34.8 Å². The van der Waals surface area contributed by atoms with Crippen LogP contribution in [0.3, 0.4) is 0 Å². The Morgan fingerprint density at radius 3 is 2.41 bits per heavy atom. The Hall–Kier alpha value is -2.77. The normalized spacial score (nSPS) is 20.2. The third-order valence-corrected chi connectivity index (χ3v) is 5.49. The lowest BCUT2D eigenvalue weighted by molar-refractivity contribution is -0.897. The molecule has 0 bridgehead atoms. The summed E-state index contributed by atoms with van der Waals surface area (Å²) in [5, 5.41) is 6.48. The van der Waals surface area contributed by atoms with Gasteiger partial charge in [0.25, 0.3) is 5.91 Å². The number of carbonyl (C=O) groups is 2. The molecule has 7 nitrogen and oxygen atoms in total. The molecule has 0 aromatic heterocycles. The zero-order valence-electron chi connectivity index (χ0n) is 15.9. The van der Waals surface area contributed by atoms with Crippen molar-refractivity contribution in [1.29, 1.82) is 0 Å². The second kappa shape index (κ2) is 8.71. The quantitative estimate of drug-likeness (QED) is 0.695. The molecule has 2 aromatic rings. The second-order valence-electron chi connectivity index (χ2n) is 7.31. The van der Waals surface area contributed by atoms with Gasteiger partial charge in [0.1, 0.15) is 0 Å². The van der Waals surface area contributed by atoms with Crippen molar-refractivity contribution in [2.24, 2.45) is 5.92 Å². The number of ether oxygens (including phenoxy) is 2. The maximum absolute atomic E-state index is 12.6. The monoisotopic (exact) mass is 416 g/mol. The van der Waals surface area contributed by atoms with E-state index in [1.54, 1.807) is 36.4 Å². The number of amides is 2. The highest BCUT2D eigenvalue weighted by Crippen LogP contribution is 2.34. The molecule has 0 aliphatic carbocycles. The molecule has 0 atom stereocenters. The first-order chi connectivity index (χ1) is 14.1. The Morgan fingerprint density at radius 2 is 1.66 bits per heavy atom. The Bertz CT molecular complexity index is 895. The summed E-state index contributed by atoms with van der Waals surface area (Å²) in [4.78, 5) is 26.0. The molecule has 0 saturated carbocycles. The summed E-state index contributed by atoms with van der Waals surface area (Å²) in [6.07, 6.45) is 1.50. The number of nitrogens with one attached hydrogen (secondary N) is 3. The van der Waals surface area contributed by atoms with Gasteiger partial charge in [-0.05, 0) is 36.4 Å². The van der Waals surface area contributed by atoms with Gasteiger partial charge in [-0.2, -0.15) is 0 Å². The van der Waals surface area contributed by atoms with E-state index in [1.165, 1.54) is 4.90 Å². The minimum atomic E-state index is -0.0523. The number of quaternary nitrogens is 1. The lowest BCUT2D eigenvalue weighted by atomic mass is 9.95. The van der Waals surface area contributed by atoms with Crippen LogP contribution in [-0.4, -0.2) is 38.2 Å². The van der Waals surface area contributed by atoms with Gasteiger partial charge in [0.2, 0.25) is 12.7 Å². The van der Waals surface area contributed by atoms with Crippen LogP contribution in [0.5, 0.6) is 11.5 Å². The van der Waals surface area contributed by atoms with E-state index < -0.39 is 0 Å². The van der Waals surface area contributed by atoms with Crippen molar-refractivity contribution in [3.05, 3.63) is 47.5 Å². The third-order valence-electron chi connectivity index (χ3n) is 5.24. The van der Waals surface area contributed by atoms with Crippen molar-refractivity contribution < 1.29 is 24.0 Å². The van der Waals surface area contributed by atoms with Crippen LogP contribution in [0.4, 0.5) is 11.4 Å². The van der Waals surface area contributed by atoms with Crippen LogP contribution in [0.2, 0.25) is 5.02 Å². The highest BCUT2D eigenvalue weighted by Gasteiger charge is 2.29. The van der Waals surface area contributed by atoms with Crippen LogP contribution in [0.1, 0.15) is 12.8 Å². The average molecular weight is 417 g/mol. The fourth-order valence-corrected chi connectivity index (χ4v) is 3.78. The molecule has 0 spiro atoms. The lowest BCUT2D eigenvalue weighted by Gasteiger charge is -2.28. The average Bonchev–Trinajstić information content (AvgIpc) is 3.18. The molecular formula is C21H23ClN3O4+. The van der Waals surface area contributed by atoms with Crippen molar-refractivity contribution in [2.45, 2.75) is 12.8 Å². The molecule has 2 heterocycles. The van der Waals surface area contributed by atoms with E-state index >= 15 is 0 Å². The van der Waals surface area contributed by atoms with Crippen LogP contribution >= 0.6 is 11.6 Å². The number of fused-ring (bicyclic) bond motifs is 1. The molecule has 2 aliphatic heterocycles. The maximum atomic E-state index is 12.6. The molecule has 0 radical (unpaired) electrons. The fraction of sp³-hybridized carbons (Fsp3) is 0.333. The Balaban J connectivity index is 1.23. The summed E-state index contributed by atoms with van der Waals surface area (Å²) in [5.41, 5.74) is 1.44. The summed E-state index contributed by atoms with van der Waals surface area (Å²) in [5.74, 6) is 1.26. The lowest BCUT2D eigenvalue weighted by Crippen LogP contribution is -3.14. The molecule has 2 aromatic carbocycles. The van der Waals surface area contributed by atoms with Crippen molar-refractivity contribution in [3.63, 3.8) is 0 Å². The number of anilines is 2. The van der Waals surface area contributed by atoms with E-state index in [2.05, 4.69) is 10.6 Å². The molecular weight excluding hydrogens is 394 g/mol. The summed E-state index contributed by atoms with van der Waals surface area (Å²) < 4.78 is 10.6. The number of piperidine rings is 1. The van der Waals surface area contributed by atoms with Gasteiger partial charge < -0.3 is 25.0 Å². The summed E-state index contributed by atoms with van der Waals surface area (Å²) in [7, 11) is 0. The molecule has 2 amide bonds. The summed E-state index contributed by atoms with van der Waals surface area (Å²) in [6.45, 7) is 2.17. The zero-order valence-corrected chi connectivity index (χ0v) is 16.6. The summed E-state index contributed by atoms with van der Waals surface area (Å²) >= 11 is 5.86. The van der Waals surface area contributed by atoms with Gasteiger partial charge >= 0.3 is 0 Å². The van der Waals surface area contributed by atoms with Gasteiger partial charge in [-0.1, -0.05) is 11.6 Å². The van der Waals surface area contributed by atoms with Gasteiger partial charge in [-0.3, -0.25) is 9.59 Å². The van der Waals surface area contributed by atoms with E-state index in [4.69, 9.17) is 21.1 Å². The zero-order chi connectivity index (χ0) is 20.2. The van der Waals surface area contributed by atoms with E-state index in [0.717, 1.165) is 31.6 Å². The molecule has 3 N–H and O–H groups in total. The van der Waals surface area contributed by atoms with Crippen LogP contribution in [0.25, 0.3) is 0 Å². The number of carbonyl (C=O) groups excluding carboxylic acids is 2. The van der Waals surface area contributed by atoms with Crippen LogP contribution in [0.15, 0.2) is 42.5 Å². The van der Waals surface area contributed by atoms with Gasteiger partial charge in [0.15, 0.2) is 18.0 Å². The first-order valence-corrected chi connectivity index (χ1v) is 10.0. The molecule has 8 heteroatoms. The largest absolute Gasteiger partial charge is 0.454 e. The molecule has 152 valence electrons. The van der Waals surface area contributed by atoms with E-state index in [1.807, 2.05) is 6.07 Å². The molecule has 0 unspecified atom stereocenters. The minimum absolute atomic E-state index is 0.00790. The number of likely N-dealkylation sites (tertiary alicyclic amines) is 1. The third kappa shape index (κ3) is 4.99. The molecule has 4 rings (SSSR count).